The van der Waals surface area contributed by atoms with Crippen LogP contribution in [0, 0.1) is 19.3 Å². The maximum atomic E-state index is 12.4. The second-order valence-corrected chi connectivity index (χ2v) is 7.86. The molecule has 32 heavy (non-hydrogen) atoms. The van der Waals surface area contributed by atoms with Crippen LogP contribution in [-0.2, 0) is 9.63 Å². The number of hydrogen-bond acceptors (Lipinski definition) is 5. The quantitative estimate of drug-likeness (QED) is 0.500. The largest absolute Gasteiger partial charge is 0.490 e. The number of allylic oxidation sites excluding steroid dienone is 1. The predicted octanol–water partition coefficient (Wildman–Crippen LogP) is 4.87. The normalized spacial score (nSPS) is 16.5. The van der Waals surface area contributed by atoms with E-state index in [0.717, 1.165) is 5.75 Å². The molecule has 2 aliphatic heterocycles. The molecule has 2 aliphatic rings. The lowest BCUT2D eigenvalue weighted by Crippen LogP contribution is -2.38. The van der Waals surface area contributed by atoms with E-state index in [0.29, 0.717) is 41.1 Å². The van der Waals surface area contributed by atoms with Crippen LogP contribution in [0.4, 0.5) is 0 Å². The van der Waals surface area contributed by atoms with Crippen LogP contribution in [0.5, 0.6) is 11.5 Å². The third-order valence-corrected chi connectivity index (χ3v) is 5.33. The average Bonchev–Trinajstić information content (AvgIpc) is 3.12. The predicted molar refractivity (Wildman–Crippen MR) is 123 cm³/mol. The van der Waals surface area contributed by atoms with Crippen molar-refractivity contribution in [1.29, 1.82) is 5.41 Å². The van der Waals surface area contributed by atoms with Gasteiger partial charge >= 0.3 is 0 Å². The van der Waals surface area contributed by atoms with Crippen molar-refractivity contribution in [3.63, 3.8) is 0 Å². The van der Waals surface area contributed by atoms with E-state index in [1.807, 2.05) is 25.1 Å². The lowest BCUT2D eigenvalue weighted by Gasteiger charge is -2.23. The number of carbonyl (C=O) groups excluding carboxylic acids is 1. The molecule has 2 aromatic rings. The van der Waals surface area contributed by atoms with Crippen molar-refractivity contribution in [1.82, 2.24) is 5.06 Å². The Morgan fingerprint density at radius 3 is 2.62 bits per heavy atom. The molecular weight excluding hydrogens is 430 g/mol. The highest BCUT2D eigenvalue weighted by Crippen LogP contribution is 2.28. The average molecular weight is 452 g/mol. The number of nitrogens with zero attached hydrogens (tertiary/aromatic N) is 2. The third-order valence-electron chi connectivity index (χ3n) is 5.04. The van der Waals surface area contributed by atoms with Crippen LogP contribution in [0.3, 0.4) is 0 Å². The van der Waals surface area contributed by atoms with Crippen LogP contribution in [0.2, 0.25) is 5.02 Å². The van der Waals surface area contributed by atoms with Gasteiger partial charge in [-0.15, -0.1) is 5.06 Å². The monoisotopic (exact) mass is 451 g/mol. The molecular formula is C24H22ClN3O4. The van der Waals surface area contributed by atoms with Gasteiger partial charge in [0.25, 0.3) is 5.91 Å². The minimum atomic E-state index is -0.504. The summed E-state index contributed by atoms with van der Waals surface area (Å²) in [7, 11) is 0. The molecule has 7 nitrogen and oxygen atoms in total. The molecule has 0 bridgehead atoms. The van der Waals surface area contributed by atoms with Gasteiger partial charge in [-0.2, -0.15) is 4.99 Å². The Kier molecular flexibility index (Phi) is 6.01. The van der Waals surface area contributed by atoms with Gasteiger partial charge in [0.15, 0.2) is 11.7 Å². The molecule has 0 aromatic heterocycles. The highest BCUT2D eigenvalue weighted by atomic mass is 35.5. The summed E-state index contributed by atoms with van der Waals surface area (Å²) in [6.45, 7) is 6.53. The van der Waals surface area contributed by atoms with Crippen molar-refractivity contribution in [2.24, 2.45) is 4.99 Å². The van der Waals surface area contributed by atoms with E-state index < -0.39 is 5.91 Å². The van der Waals surface area contributed by atoms with E-state index in [-0.39, 0.29) is 11.4 Å². The molecule has 4 rings (SSSR count). The summed E-state index contributed by atoms with van der Waals surface area (Å²) in [5.41, 5.74) is 3.14. The van der Waals surface area contributed by atoms with Crippen molar-refractivity contribution in [2.45, 2.75) is 20.8 Å². The van der Waals surface area contributed by atoms with Gasteiger partial charge in [-0.1, -0.05) is 23.7 Å². The lowest BCUT2D eigenvalue weighted by molar-refractivity contribution is -0.114. The first kappa shape index (κ1) is 21.6. The van der Waals surface area contributed by atoms with Gasteiger partial charge in [-0.05, 0) is 67.8 Å². The van der Waals surface area contributed by atoms with Crippen LogP contribution in [-0.4, -0.2) is 35.9 Å². The third kappa shape index (κ3) is 4.53. The lowest BCUT2D eigenvalue weighted by atomic mass is 10.1. The van der Waals surface area contributed by atoms with E-state index in [9.17, 15) is 4.79 Å². The number of nitrogens with one attached hydrogen (secondary N) is 1. The van der Waals surface area contributed by atoms with E-state index in [2.05, 4.69) is 11.9 Å². The Balaban J connectivity index is 1.38. The number of amidine groups is 2. The Morgan fingerprint density at radius 1 is 1.09 bits per heavy atom. The highest BCUT2D eigenvalue weighted by Gasteiger charge is 2.34. The van der Waals surface area contributed by atoms with Crippen LogP contribution >= 0.6 is 11.6 Å². The fourth-order valence-corrected chi connectivity index (χ4v) is 3.45. The summed E-state index contributed by atoms with van der Waals surface area (Å²) in [5.74, 6) is 1.59. The minimum absolute atomic E-state index is 0.0759. The Morgan fingerprint density at radius 2 is 1.88 bits per heavy atom. The number of hydroxylamine groups is 2. The molecule has 0 spiro atoms. The molecule has 2 heterocycles. The fourth-order valence-electron chi connectivity index (χ4n) is 3.21. The Labute approximate surface area is 191 Å². The molecule has 8 heteroatoms. The Hall–Kier alpha value is -3.58. The first-order valence-electron chi connectivity index (χ1n) is 10.0. The Bertz CT molecular complexity index is 1200. The molecule has 0 atom stereocenters. The summed E-state index contributed by atoms with van der Waals surface area (Å²) < 4.78 is 11.4. The van der Waals surface area contributed by atoms with Crippen molar-refractivity contribution in [3.8, 4) is 11.5 Å². The molecule has 1 amide bonds. The molecule has 164 valence electrons. The molecule has 0 fully saturated rings. The number of fused-ring (bicyclic) bond motifs is 1. The summed E-state index contributed by atoms with van der Waals surface area (Å²) in [5, 5.41) is 9.88. The van der Waals surface area contributed by atoms with Gasteiger partial charge in [0.05, 0.1) is 10.6 Å². The number of hydrogen-bond donors (Lipinski definition) is 1. The standard InChI is InChI=1S/C24H22ClN3O4/c1-14-4-6-18(10-15(14)2)30-8-9-31-21-7-5-17(13-20(21)25)12-19-23(26)28-22(27-24(19)29)11-16(3)32-28/h4-7,10-13,26H,8-9H2,1-3H3/b19-12+,26-23?. The van der Waals surface area contributed by atoms with E-state index in [1.165, 1.54) is 16.2 Å². The molecule has 0 radical (unpaired) electrons. The first-order valence-corrected chi connectivity index (χ1v) is 10.4. The van der Waals surface area contributed by atoms with Crippen molar-refractivity contribution < 1.29 is 19.1 Å². The van der Waals surface area contributed by atoms with Crippen LogP contribution in [0.15, 0.2) is 58.8 Å². The zero-order valence-electron chi connectivity index (χ0n) is 17.9. The smallest absolute Gasteiger partial charge is 0.282 e. The van der Waals surface area contributed by atoms with Gasteiger partial charge in [0.2, 0.25) is 0 Å². The maximum absolute atomic E-state index is 12.4. The zero-order valence-corrected chi connectivity index (χ0v) is 18.7. The van der Waals surface area contributed by atoms with Crippen LogP contribution < -0.4 is 9.47 Å². The molecule has 0 saturated heterocycles. The highest BCUT2D eigenvalue weighted by molar-refractivity contribution is 6.33. The number of aliphatic imine (C=N–C) groups is 1. The summed E-state index contributed by atoms with van der Waals surface area (Å²) in [6, 6.07) is 11.1. The number of carbonyl (C=O) groups is 1. The SMILES string of the molecule is CC1=CC2=NC(=O)/C(=C/c3ccc(OCCOc4ccc(C)c(C)c4)c(Cl)c3)C(=N)N2O1. The fraction of sp³-hybridized carbons (Fsp3) is 0.208. The number of aryl methyl sites for hydroxylation is 2. The van der Waals surface area contributed by atoms with Gasteiger partial charge in [0, 0.05) is 6.08 Å². The molecule has 2 aromatic carbocycles. The number of ether oxygens (including phenoxy) is 2. The maximum Gasteiger partial charge on any atom is 0.282 e. The number of benzene rings is 2. The van der Waals surface area contributed by atoms with Crippen LogP contribution in [0.1, 0.15) is 23.6 Å². The van der Waals surface area contributed by atoms with Crippen molar-refractivity contribution >= 4 is 35.3 Å². The summed E-state index contributed by atoms with van der Waals surface area (Å²) in [6.07, 6.45) is 3.16. The van der Waals surface area contributed by atoms with Crippen LogP contribution in [0.25, 0.3) is 6.08 Å². The van der Waals surface area contributed by atoms with Gasteiger partial charge < -0.3 is 14.3 Å². The van der Waals surface area contributed by atoms with E-state index in [4.69, 9.17) is 31.3 Å². The molecule has 1 N–H and O–H groups in total. The number of rotatable bonds is 6. The molecule has 0 unspecified atom stereocenters. The first-order chi connectivity index (χ1) is 15.3. The summed E-state index contributed by atoms with van der Waals surface area (Å²) in [4.78, 5) is 21.8. The van der Waals surface area contributed by atoms with E-state index >= 15 is 0 Å². The molecule has 0 aliphatic carbocycles. The zero-order chi connectivity index (χ0) is 22.8. The topological polar surface area (TPSA) is 84.2 Å². The van der Waals surface area contributed by atoms with Gasteiger partial charge in [-0.25, -0.2) is 0 Å². The minimum Gasteiger partial charge on any atom is -0.490 e. The summed E-state index contributed by atoms with van der Waals surface area (Å²) >= 11 is 6.36. The number of amides is 1. The van der Waals surface area contributed by atoms with Gasteiger partial charge in [-0.3, -0.25) is 10.2 Å². The van der Waals surface area contributed by atoms with Crippen molar-refractivity contribution in [3.05, 3.63) is 75.5 Å². The second-order valence-electron chi connectivity index (χ2n) is 7.46. The van der Waals surface area contributed by atoms with Crippen molar-refractivity contribution in [2.75, 3.05) is 13.2 Å². The van der Waals surface area contributed by atoms with Gasteiger partial charge in [0.1, 0.15) is 30.5 Å². The molecule has 0 saturated carbocycles. The second kappa shape index (κ2) is 8.88. The number of halogens is 1. The van der Waals surface area contributed by atoms with E-state index in [1.54, 1.807) is 37.3 Å².